The molecule has 0 radical (unpaired) electrons. The van der Waals surface area contributed by atoms with Crippen LogP contribution < -0.4 is 5.32 Å². The second kappa shape index (κ2) is 5.55. The van der Waals surface area contributed by atoms with Gasteiger partial charge in [0.2, 0.25) is 0 Å². The molecule has 0 atom stereocenters. The lowest BCUT2D eigenvalue weighted by molar-refractivity contribution is -0.131. The van der Waals surface area contributed by atoms with E-state index in [4.69, 9.17) is 15.3 Å². The van der Waals surface area contributed by atoms with E-state index in [1.54, 1.807) is 6.92 Å². The zero-order valence-electron chi connectivity index (χ0n) is 7.53. The quantitative estimate of drug-likeness (QED) is 0.415. The molecule has 0 saturated carbocycles. The van der Waals surface area contributed by atoms with Crippen LogP contribution in [0, 0.1) is 0 Å². The van der Waals surface area contributed by atoms with Crippen LogP contribution in [0.25, 0.3) is 0 Å². The van der Waals surface area contributed by atoms with Gasteiger partial charge in [0.1, 0.15) is 0 Å². The van der Waals surface area contributed by atoms with E-state index in [1.807, 2.05) is 0 Å². The van der Waals surface area contributed by atoms with Crippen LogP contribution in [0.1, 0.15) is 13.3 Å². The fourth-order valence-electron chi connectivity index (χ4n) is 0.757. The molecule has 0 bridgehead atoms. The summed E-state index contributed by atoms with van der Waals surface area (Å²) in [7, 11) is 0. The van der Waals surface area contributed by atoms with E-state index in [-0.39, 0.29) is 13.2 Å². The van der Waals surface area contributed by atoms with Crippen molar-refractivity contribution in [3.05, 3.63) is 12.3 Å². The lowest BCUT2D eigenvalue weighted by Crippen LogP contribution is -2.48. The summed E-state index contributed by atoms with van der Waals surface area (Å²) in [6, 6.07) is 0. The molecule has 76 valence electrons. The second-order valence-corrected chi connectivity index (χ2v) is 2.77. The van der Waals surface area contributed by atoms with E-state index < -0.39 is 11.5 Å². The van der Waals surface area contributed by atoms with E-state index in [9.17, 15) is 4.79 Å². The maximum Gasteiger partial charge on any atom is 0.329 e. The van der Waals surface area contributed by atoms with Gasteiger partial charge in [0, 0.05) is 12.3 Å². The van der Waals surface area contributed by atoms with Crippen LogP contribution in [0.3, 0.4) is 0 Å². The highest BCUT2D eigenvalue weighted by atomic mass is 16.4. The number of hydrogen-bond acceptors (Lipinski definition) is 4. The Bertz CT molecular complexity index is 178. The third kappa shape index (κ3) is 3.91. The molecule has 0 unspecified atom stereocenters. The van der Waals surface area contributed by atoms with Gasteiger partial charge in [-0.1, -0.05) is 6.92 Å². The predicted molar refractivity (Wildman–Crippen MR) is 47.1 cm³/mol. The van der Waals surface area contributed by atoms with Gasteiger partial charge in [-0.3, -0.25) is 0 Å². The maximum absolute atomic E-state index is 10.1. The minimum absolute atomic E-state index is 0.246. The van der Waals surface area contributed by atoms with Gasteiger partial charge < -0.3 is 20.6 Å². The summed E-state index contributed by atoms with van der Waals surface area (Å²) < 4.78 is 0. The first-order valence-corrected chi connectivity index (χ1v) is 3.99. The third-order valence-electron chi connectivity index (χ3n) is 1.90. The van der Waals surface area contributed by atoms with Crippen LogP contribution in [0.2, 0.25) is 0 Å². The number of aliphatic hydroxyl groups excluding tert-OH is 2. The second-order valence-electron chi connectivity index (χ2n) is 2.77. The summed E-state index contributed by atoms with van der Waals surface area (Å²) in [6.45, 7) is 1.29. The molecule has 0 spiro atoms. The van der Waals surface area contributed by atoms with Crippen molar-refractivity contribution >= 4 is 5.97 Å². The lowest BCUT2D eigenvalue weighted by Gasteiger charge is -2.28. The summed E-state index contributed by atoms with van der Waals surface area (Å²) in [5, 5.41) is 28.8. The molecule has 0 aliphatic heterocycles. The Kier molecular flexibility index (Phi) is 5.10. The van der Waals surface area contributed by atoms with Gasteiger partial charge in [0.05, 0.1) is 18.8 Å². The summed E-state index contributed by atoms with van der Waals surface area (Å²) in [4.78, 5) is 10.1. The Hall–Kier alpha value is -1.07. The standard InChI is InChI=1S/C8H15NO4/c1-2-8(5-10,6-11)9-4-3-7(12)13/h3-4,9-11H,2,5-6H2,1H3,(H,12,13)/b4-3+. The van der Waals surface area contributed by atoms with Crippen LogP contribution in [0.4, 0.5) is 0 Å². The van der Waals surface area contributed by atoms with Gasteiger partial charge in [-0.15, -0.1) is 0 Å². The Morgan fingerprint density at radius 3 is 2.31 bits per heavy atom. The molecule has 0 rings (SSSR count). The van der Waals surface area contributed by atoms with Gasteiger partial charge in [-0.25, -0.2) is 4.79 Å². The molecule has 0 aromatic carbocycles. The topological polar surface area (TPSA) is 89.8 Å². The third-order valence-corrected chi connectivity index (χ3v) is 1.90. The van der Waals surface area contributed by atoms with Crippen LogP contribution in [-0.4, -0.2) is 40.0 Å². The fourth-order valence-corrected chi connectivity index (χ4v) is 0.757. The molecule has 0 aliphatic rings. The summed E-state index contributed by atoms with van der Waals surface area (Å²) in [5.41, 5.74) is -0.827. The van der Waals surface area contributed by atoms with Crippen molar-refractivity contribution in [2.45, 2.75) is 18.9 Å². The number of aliphatic carboxylic acids is 1. The van der Waals surface area contributed by atoms with Crippen molar-refractivity contribution in [2.24, 2.45) is 0 Å². The predicted octanol–water partition coefficient (Wildman–Crippen LogP) is -0.692. The number of carboxylic acid groups (broad SMARTS) is 1. The van der Waals surface area contributed by atoms with Crippen molar-refractivity contribution in [2.75, 3.05) is 13.2 Å². The first kappa shape index (κ1) is 11.9. The van der Waals surface area contributed by atoms with Crippen LogP contribution >= 0.6 is 0 Å². The van der Waals surface area contributed by atoms with Gasteiger partial charge in [0.15, 0.2) is 0 Å². The number of carbonyl (C=O) groups is 1. The fraction of sp³-hybridized carbons (Fsp3) is 0.625. The van der Waals surface area contributed by atoms with E-state index >= 15 is 0 Å². The van der Waals surface area contributed by atoms with Crippen LogP contribution in [0.15, 0.2) is 12.3 Å². The number of aliphatic hydroxyl groups is 2. The molecule has 0 aromatic heterocycles. The molecule has 0 amide bonds. The first-order chi connectivity index (χ1) is 6.10. The molecule has 0 aliphatic carbocycles. The van der Waals surface area contributed by atoms with Gasteiger partial charge in [0.25, 0.3) is 0 Å². The maximum atomic E-state index is 10.1. The number of nitrogens with one attached hydrogen (secondary N) is 1. The molecule has 0 fully saturated rings. The largest absolute Gasteiger partial charge is 0.478 e. The number of hydrogen-bond donors (Lipinski definition) is 4. The average molecular weight is 189 g/mol. The van der Waals surface area contributed by atoms with Crippen molar-refractivity contribution < 1.29 is 20.1 Å². The van der Waals surface area contributed by atoms with Gasteiger partial charge in [-0.2, -0.15) is 0 Å². The smallest absolute Gasteiger partial charge is 0.329 e. The van der Waals surface area contributed by atoms with Gasteiger partial charge in [-0.05, 0) is 6.42 Å². The molecule has 13 heavy (non-hydrogen) atoms. The SMILES string of the molecule is CCC(CO)(CO)N/C=C/C(=O)O. The molecule has 4 N–H and O–H groups in total. The summed E-state index contributed by atoms with van der Waals surface area (Å²) in [5.74, 6) is -1.08. The Balaban J connectivity index is 4.17. The number of rotatable bonds is 6. The Labute approximate surface area is 76.7 Å². The zero-order chi connectivity index (χ0) is 10.3. The van der Waals surface area contributed by atoms with Crippen molar-refractivity contribution in [1.29, 1.82) is 0 Å². The average Bonchev–Trinajstić information content (AvgIpc) is 2.13. The Morgan fingerprint density at radius 1 is 1.46 bits per heavy atom. The van der Waals surface area contributed by atoms with E-state index in [2.05, 4.69) is 5.32 Å². The number of carboxylic acids is 1. The van der Waals surface area contributed by atoms with E-state index in [0.29, 0.717) is 6.42 Å². The normalized spacial score (nSPS) is 11.9. The molecule has 5 heteroatoms. The van der Waals surface area contributed by atoms with Crippen molar-refractivity contribution in [3.63, 3.8) is 0 Å². The van der Waals surface area contributed by atoms with E-state index in [1.165, 1.54) is 6.20 Å². The lowest BCUT2D eigenvalue weighted by atomic mass is 9.99. The van der Waals surface area contributed by atoms with Gasteiger partial charge >= 0.3 is 5.97 Å². The van der Waals surface area contributed by atoms with Crippen LogP contribution in [0.5, 0.6) is 0 Å². The molecule has 0 saturated heterocycles. The minimum atomic E-state index is -1.08. The Morgan fingerprint density at radius 2 is 2.00 bits per heavy atom. The molecule has 5 nitrogen and oxygen atoms in total. The highest BCUT2D eigenvalue weighted by Crippen LogP contribution is 2.07. The molecule has 0 aromatic rings. The molecular weight excluding hydrogens is 174 g/mol. The highest BCUT2D eigenvalue weighted by molar-refractivity contribution is 5.79. The van der Waals surface area contributed by atoms with E-state index in [0.717, 1.165) is 6.08 Å². The first-order valence-electron chi connectivity index (χ1n) is 3.99. The summed E-state index contributed by atoms with van der Waals surface area (Å²) >= 11 is 0. The molecular formula is C8H15NO4. The van der Waals surface area contributed by atoms with Crippen LogP contribution in [-0.2, 0) is 4.79 Å². The zero-order valence-corrected chi connectivity index (χ0v) is 7.53. The van der Waals surface area contributed by atoms with Crippen molar-refractivity contribution in [3.8, 4) is 0 Å². The highest BCUT2D eigenvalue weighted by Gasteiger charge is 2.24. The van der Waals surface area contributed by atoms with Crippen molar-refractivity contribution in [1.82, 2.24) is 5.32 Å². The monoisotopic (exact) mass is 189 g/mol. The summed E-state index contributed by atoms with van der Waals surface area (Å²) in [6.07, 6.45) is 2.62. The minimum Gasteiger partial charge on any atom is -0.478 e. The molecule has 0 heterocycles.